The van der Waals surface area contributed by atoms with E-state index in [0.29, 0.717) is 0 Å². The Labute approximate surface area is 70.1 Å². The lowest BCUT2D eigenvalue weighted by atomic mass is 10.0. The van der Waals surface area contributed by atoms with Crippen LogP contribution < -0.4 is 0 Å². The van der Waals surface area contributed by atoms with Crippen LogP contribution in [0, 0.1) is 0 Å². The summed E-state index contributed by atoms with van der Waals surface area (Å²) in [4.78, 5) is 0. The number of hydrogen-bond donors (Lipinski definition) is 0. The molecule has 0 aromatic carbocycles. The fraction of sp³-hybridized carbons (Fsp3) is 1.00. The molecule has 0 aromatic rings. The Kier molecular flexibility index (Phi) is 2.77. The number of hydrogen-bond acceptors (Lipinski definition) is 0. The molecule has 0 aliphatic carbocycles. The fourth-order valence-corrected chi connectivity index (χ4v) is 0.482. The van der Waals surface area contributed by atoms with Crippen molar-refractivity contribution in [1.29, 1.82) is 0 Å². The maximum atomic E-state index is 11.3. The van der Waals surface area contributed by atoms with E-state index in [2.05, 4.69) is 0 Å². The van der Waals surface area contributed by atoms with Crippen LogP contribution in [0.25, 0.3) is 0 Å². The molecule has 85 valence electrons. The summed E-state index contributed by atoms with van der Waals surface area (Å²) in [5, 5.41) is 9.79. The number of halogens is 9. The Hall–Kier alpha value is -0.670. The topological polar surface area (TPSA) is 19.9 Å². The molecular formula is C4F9O. The first-order chi connectivity index (χ1) is 5.75. The second kappa shape index (κ2) is 2.91. The molecule has 0 unspecified atom stereocenters. The quantitative estimate of drug-likeness (QED) is 0.575. The Bertz CT molecular complexity index is 170. The third-order valence-electron chi connectivity index (χ3n) is 1.20. The minimum atomic E-state index is -6.98. The molecule has 1 nitrogen and oxygen atoms in total. The summed E-state index contributed by atoms with van der Waals surface area (Å²) in [6, 6.07) is 0. The Morgan fingerprint density at radius 1 is 0.500 bits per heavy atom. The van der Waals surface area contributed by atoms with Crippen molar-refractivity contribution in [3.63, 3.8) is 0 Å². The van der Waals surface area contributed by atoms with Crippen molar-refractivity contribution >= 4 is 0 Å². The van der Waals surface area contributed by atoms with Gasteiger partial charge in [-0.25, -0.2) is 0 Å². The zero-order valence-corrected chi connectivity index (χ0v) is 5.81. The van der Waals surface area contributed by atoms with Crippen LogP contribution in [-0.4, -0.2) is 24.1 Å². The monoisotopic (exact) mass is 235 g/mol. The van der Waals surface area contributed by atoms with Crippen molar-refractivity contribution < 1.29 is 44.6 Å². The molecule has 0 fully saturated rings. The highest BCUT2D eigenvalue weighted by Gasteiger charge is 2.85. The Balaban J connectivity index is 5.54. The van der Waals surface area contributed by atoms with Crippen LogP contribution in [-0.2, 0) is 5.11 Å². The first-order valence-electron chi connectivity index (χ1n) is 2.65. The zero-order chi connectivity index (χ0) is 12.0. The fourth-order valence-electron chi connectivity index (χ4n) is 0.482. The lowest BCUT2D eigenvalue weighted by molar-refractivity contribution is -0.463. The average Bonchev–Trinajstić information content (AvgIpc) is 1.77. The molecule has 14 heavy (non-hydrogen) atoms. The van der Waals surface area contributed by atoms with Crippen LogP contribution in [0.3, 0.4) is 0 Å². The molecule has 0 aliphatic rings. The predicted molar refractivity (Wildman–Crippen MR) is 21.6 cm³/mol. The van der Waals surface area contributed by atoms with Gasteiger partial charge in [0, 0.05) is 0 Å². The van der Waals surface area contributed by atoms with Crippen molar-refractivity contribution in [3.05, 3.63) is 0 Å². The van der Waals surface area contributed by atoms with E-state index in [-0.39, 0.29) is 0 Å². The molecular weight excluding hydrogens is 235 g/mol. The second-order valence-electron chi connectivity index (χ2n) is 2.17. The van der Waals surface area contributed by atoms with Crippen LogP contribution in [0.4, 0.5) is 39.5 Å². The molecule has 10 heteroatoms. The van der Waals surface area contributed by atoms with Crippen LogP contribution in [0.1, 0.15) is 0 Å². The van der Waals surface area contributed by atoms with E-state index in [0.717, 1.165) is 0 Å². The maximum absolute atomic E-state index is 11.3. The lowest BCUT2D eigenvalue weighted by Gasteiger charge is -2.31. The molecule has 0 rings (SSSR count). The standard InChI is InChI=1S/C4F9O/c5-2(6,7)1(14,3(8,9)10)4(11,12)13. The van der Waals surface area contributed by atoms with E-state index >= 15 is 0 Å². The highest BCUT2D eigenvalue weighted by Crippen LogP contribution is 2.52. The van der Waals surface area contributed by atoms with Crippen molar-refractivity contribution in [1.82, 2.24) is 0 Å². The van der Waals surface area contributed by atoms with Crippen LogP contribution in [0.5, 0.6) is 0 Å². The molecule has 0 amide bonds. The van der Waals surface area contributed by atoms with Crippen LogP contribution in [0.15, 0.2) is 0 Å². The van der Waals surface area contributed by atoms with Gasteiger partial charge in [0.15, 0.2) is 0 Å². The first kappa shape index (κ1) is 13.3. The normalized spacial score (nSPS) is 15.9. The summed E-state index contributed by atoms with van der Waals surface area (Å²) in [5.74, 6) is 0. The SMILES string of the molecule is [O]C(C(F)(F)F)(C(F)(F)F)C(F)(F)F. The van der Waals surface area contributed by atoms with Crippen molar-refractivity contribution in [3.8, 4) is 0 Å². The van der Waals surface area contributed by atoms with E-state index in [9.17, 15) is 44.6 Å². The molecule has 0 saturated carbocycles. The molecule has 0 spiro atoms. The smallest absolute Gasteiger partial charge is 0.199 e. The predicted octanol–water partition coefficient (Wildman–Crippen LogP) is 2.84. The summed E-state index contributed by atoms with van der Waals surface area (Å²) >= 11 is 0. The molecule has 0 aliphatic heterocycles. The van der Waals surface area contributed by atoms with Gasteiger partial charge in [0.25, 0.3) is 0 Å². The molecule has 0 saturated heterocycles. The van der Waals surface area contributed by atoms with Gasteiger partial charge in [-0.05, 0) is 0 Å². The summed E-state index contributed by atoms with van der Waals surface area (Å²) in [7, 11) is 0. The van der Waals surface area contributed by atoms with Gasteiger partial charge in [-0.2, -0.15) is 44.6 Å². The summed E-state index contributed by atoms with van der Waals surface area (Å²) < 4.78 is 102. The zero-order valence-electron chi connectivity index (χ0n) is 5.81. The molecule has 1 radical (unpaired) electrons. The van der Waals surface area contributed by atoms with Gasteiger partial charge >= 0.3 is 24.1 Å². The van der Waals surface area contributed by atoms with Gasteiger partial charge in [0.2, 0.25) is 0 Å². The Morgan fingerprint density at radius 2 is 0.643 bits per heavy atom. The molecule has 0 bridgehead atoms. The van der Waals surface area contributed by atoms with E-state index in [4.69, 9.17) is 0 Å². The Morgan fingerprint density at radius 3 is 0.643 bits per heavy atom. The number of rotatable bonds is 0. The van der Waals surface area contributed by atoms with Gasteiger partial charge in [0.05, 0.1) is 0 Å². The minimum absolute atomic E-state index is 6.94. The highest BCUT2D eigenvalue weighted by molar-refractivity contribution is 4.99. The van der Waals surface area contributed by atoms with Gasteiger partial charge in [0.1, 0.15) is 0 Å². The largest absolute Gasteiger partial charge is 0.439 e. The van der Waals surface area contributed by atoms with Gasteiger partial charge in [-0.15, -0.1) is 0 Å². The summed E-state index contributed by atoms with van der Waals surface area (Å²) in [6.45, 7) is 0. The molecule has 0 heterocycles. The maximum Gasteiger partial charge on any atom is 0.439 e. The minimum Gasteiger partial charge on any atom is -0.199 e. The number of alkyl halides is 9. The van der Waals surface area contributed by atoms with Crippen molar-refractivity contribution in [2.75, 3.05) is 0 Å². The van der Waals surface area contributed by atoms with E-state index in [1.165, 1.54) is 0 Å². The lowest BCUT2D eigenvalue weighted by Crippen LogP contribution is -2.65. The third-order valence-corrected chi connectivity index (χ3v) is 1.20. The van der Waals surface area contributed by atoms with E-state index < -0.39 is 24.1 Å². The summed E-state index contributed by atoms with van der Waals surface area (Å²) in [6.07, 6.45) is -20.9. The van der Waals surface area contributed by atoms with Crippen molar-refractivity contribution in [2.24, 2.45) is 0 Å². The van der Waals surface area contributed by atoms with Gasteiger partial charge in [-0.1, -0.05) is 0 Å². The molecule has 0 atom stereocenters. The van der Waals surface area contributed by atoms with E-state index in [1.807, 2.05) is 0 Å². The van der Waals surface area contributed by atoms with Gasteiger partial charge < -0.3 is 0 Å². The molecule has 0 N–H and O–H groups in total. The van der Waals surface area contributed by atoms with Crippen LogP contribution in [0.2, 0.25) is 0 Å². The highest BCUT2D eigenvalue weighted by atomic mass is 19.4. The molecule has 0 aromatic heterocycles. The first-order valence-corrected chi connectivity index (χ1v) is 2.65. The average molecular weight is 235 g/mol. The van der Waals surface area contributed by atoms with Gasteiger partial charge in [-0.3, -0.25) is 0 Å². The summed E-state index contributed by atoms with van der Waals surface area (Å²) in [5.41, 5.74) is -6.94. The third kappa shape index (κ3) is 1.74. The van der Waals surface area contributed by atoms with Crippen LogP contribution >= 0.6 is 0 Å². The second-order valence-corrected chi connectivity index (χ2v) is 2.17. The van der Waals surface area contributed by atoms with Crippen molar-refractivity contribution in [2.45, 2.75) is 24.1 Å². The van der Waals surface area contributed by atoms with E-state index in [1.54, 1.807) is 0 Å².